The summed E-state index contributed by atoms with van der Waals surface area (Å²) in [6.45, 7) is 4.55. The molecule has 1 aromatic rings. The van der Waals surface area contributed by atoms with Gasteiger partial charge in [-0.1, -0.05) is 44.2 Å². The van der Waals surface area contributed by atoms with Gasteiger partial charge in [0.15, 0.2) is 0 Å². The number of hydrogen-bond acceptors (Lipinski definition) is 2. The molecule has 94 valence electrons. The summed E-state index contributed by atoms with van der Waals surface area (Å²) in [6.07, 6.45) is 2.76. The first kappa shape index (κ1) is 12.6. The second-order valence-electron chi connectivity index (χ2n) is 5.33. The molecular formula is C15H23NO. The van der Waals surface area contributed by atoms with Crippen molar-refractivity contribution in [2.45, 2.75) is 44.9 Å². The molecule has 2 nitrogen and oxygen atoms in total. The number of ether oxygens (including phenoxy) is 1. The average Bonchev–Trinajstić information content (AvgIpc) is 2.28. The molecule has 1 aromatic carbocycles. The van der Waals surface area contributed by atoms with Crippen molar-refractivity contribution in [3.05, 3.63) is 35.9 Å². The molecule has 0 radical (unpaired) electrons. The van der Waals surface area contributed by atoms with Crippen LogP contribution in [0.15, 0.2) is 30.3 Å². The van der Waals surface area contributed by atoms with Gasteiger partial charge in [0.05, 0.1) is 6.10 Å². The number of rotatable bonds is 5. The third-order valence-electron chi connectivity index (χ3n) is 3.67. The highest BCUT2D eigenvalue weighted by Gasteiger charge is 2.31. The van der Waals surface area contributed by atoms with E-state index in [0.717, 1.165) is 12.8 Å². The predicted molar refractivity (Wildman–Crippen MR) is 71.0 cm³/mol. The summed E-state index contributed by atoms with van der Waals surface area (Å²) >= 11 is 0. The van der Waals surface area contributed by atoms with Crippen LogP contribution < -0.4 is 5.32 Å². The lowest BCUT2D eigenvalue weighted by Gasteiger charge is -2.38. The van der Waals surface area contributed by atoms with Crippen LogP contribution >= 0.6 is 0 Å². The topological polar surface area (TPSA) is 21.3 Å². The van der Waals surface area contributed by atoms with E-state index in [2.05, 4.69) is 49.5 Å². The number of nitrogens with one attached hydrogen (secondary N) is 1. The van der Waals surface area contributed by atoms with Crippen molar-refractivity contribution in [3.8, 4) is 0 Å². The Hall–Kier alpha value is -0.860. The maximum Gasteiger partial charge on any atom is 0.0601 e. The predicted octanol–water partition coefficient (Wildman–Crippen LogP) is 3.15. The minimum absolute atomic E-state index is 0.457. The number of benzene rings is 1. The third-order valence-corrected chi connectivity index (χ3v) is 3.67. The first-order valence-corrected chi connectivity index (χ1v) is 6.54. The van der Waals surface area contributed by atoms with Gasteiger partial charge in [-0.25, -0.2) is 0 Å². The van der Waals surface area contributed by atoms with Crippen molar-refractivity contribution in [1.29, 1.82) is 0 Å². The normalized spacial score (nSPS) is 25.6. The van der Waals surface area contributed by atoms with E-state index in [1.165, 1.54) is 5.56 Å². The average molecular weight is 233 g/mol. The first-order valence-electron chi connectivity index (χ1n) is 6.54. The minimum Gasteiger partial charge on any atom is -0.381 e. The summed E-state index contributed by atoms with van der Waals surface area (Å²) in [5, 5.41) is 3.75. The fraction of sp³-hybridized carbons (Fsp3) is 0.600. The fourth-order valence-electron chi connectivity index (χ4n) is 2.48. The lowest BCUT2D eigenvalue weighted by molar-refractivity contribution is 0.0123. The van der Waals surface area contributed by atoms with Crippen molar-refractivity contribution < 1.29 is 4.74 Å². The van der Waals surface area contributed by atoms with Crippen molar-refractivity contribution in [1.82, 2.24) is 5.32 Å². The van der Waals surface area contributed by atoms with E-state index in [4.69, 9.17) is 4.74 Å². The van der Waals surface area contributed by atoms with E-state index in [1.54, 1.807) is 7.11 Å². The van der Waals surface area contributed by atoms with Gasteiger partial charge < -0.3 is 10.1 Å². The smallest absolute Gasteiger partial charge is 0.0601 e. The standard InChI is InChI=1S/C15H23NO/c1-11(2)15(12-7-5-4-6-8-12)16-13-9-14(10-13)17-3/h4-8,11,13-16H,9-10H2,1-3H3. The molecule has 0 heterocycles. The molecule has 1 fully saturated rings. The zero-order valence-corrected chi connectivity index (χ0v) is 11.0. The van der Waals surface area contributed by atoms with Gasteiger partial charge in [0.25, 0.3) is 0 Å². The SMILES string of the molecule is COC1CC(NC(c2ccccc2)C(C)C)C1. The Morgan fingerprint density at radius 2 is 1.82 bits per heavy atom. The Labute approximate surface area is 104 Å². The molecule has 1 aliphatic carbocycles. The number of hydrogen-bond donors (Lipinski definition) is 1. The monoisotopic (exact) mass is 233 g/mol. The zero-order chi connectivity index (χ0) is 12.3. The Morgan fingerprint density at radius 3 is 2.35 bits per heavy atom. The van der Waals surface area contributed by atoms with E-state index >= 15 is 0 Å². The van der Waals surface area contributed by atoms with Crippen LogP contribution in [-0.4, -0.2) is 19.3 Å². The molecule has 0 amide bonds. The van der Waals surface area contributed by atoms with E-state index in [-0.39, 0.29) is 0 Å². The molecule has 0 bridgehead atoms. The molecule has 0 aromatic heterocycles. The lowest BCUT2D eigenvalue weighted by Crippen LogP contribution is -2.47. The van der Waals surface area contributed by atoms with Crippen LogP contribution in [-0.2, 0) is 4.74 Å². The molecule has 2 heteroatoms. The Balaban J connectivity index is 1.95. The molecule has 0 spiro atoms. The molecular weight excluding hydrogens is 210 g/mol. The first-order chi connectivity index (χ1) is 8.20. The summed E-state index contributed by atoms with van der Waals surface area (Å²) in [4.78, 5) is 0. The quantitative estimate of drug-likeness (QED) is 0.843. The van der Waals surface area contributed by atoms with Gasteiger partial charge in [0.1, 0.15) is 0 Å². The highest BCUT2D eigenvalue weighted by atomic mass is 16.5. The number of methoxy groups -OCH3 is 1. The van der Waals surface area contributed by atoms with Crippen LogP contribution in [0.5, 0.6) is 0 Å². The largest absolute Gasteiger partial charge is 0.381 e. The molecule has 1 atom stereocenters. The third kappa shape index (κ3) is 3.08. The summed E-state index contributed by atoms with van der Waals surface area (Å²) in [6, 6.07) is 11.8. The maximum absolute atomic E-state index is 5.32. The Kier molecular flexibility index (Phi) is 4.19. The highest BCUT2D eigenvalue weighted by Crippen LogP contribution is 2.28. The van der Waals surface area contributed by atoms with Crippen LogP contribution in [0.1, 0.15) is 38.3 Å². The van der Waals surface area contributed by atoms with Gasteiger partial charge in [-0.05, 0) is 24.3 Å². The van der Waals surface area contributed by atoms with Crippen LogP contribution in [0.2, 0.25) is 0 Å². The van der Waals surface area contributed by atoms with Crippen LogP contribution in [0.3, 0.4) is 0 Å². The van der Waals surface area contributed by atoms with E-state index in [0.29, 0.717) is 24.1 Å². The summed E-state index contributed by atoms with van der Waals surface area (Å²) in [5.74, 6) is 0.610. The zero-order valence-electron chi connectivity index (χ0n) is 11.0. The van der Waals surface area contributed by atoms with Gasteiger partial charge in [0, 0.05) is 19.2 Å². The summed E-state index contributed by atoms with van der Waals surface area (Å²) < 4.78 is 5.32. The van der Waals surface area contributed by atoms with E-state index < -0.39 is 0 Å². The van der Waals surface area contributed by atoms with E-state index in [1.807, 2.05) is 0 Å². The molecule has 0 saturated heterocycles. The van der Waals surface area contributed by atoms with Gasteiger partial charge in [-0.15, -0.1) is 0 Å². The minimum atomic E-state index is 0.457. The Bertz CT molecular complexity index is 330. The van der Waals surface area contributed by atoms with Gasteiger partial charge in [-0.2, -0.15) is 0 Å². The van der Waals surface area contributed by atoms with Gasteiger partial charge in [0.2, 0.25) is 0 Å². The van der Waals surface area contributed by atoms with Crippen molar-refractivity contribution >= 4 is 0 Å². The second kappa shape index (κ2) is 5.65. The van der Waals surface area contributed by atoms with Crippen LogP contribution in [0.25, 0.3) is 0 Å². The molecule has 17 heavy (non-hydrogen) atoms. The Morgan fingerprint density at radius 1 is 1.18 bits per heavy atom. The molecule has 0 aliphatic heterocycles. The van der Waals surface area contributed by atoms with Crippen molar-refractivity contribution in [3.63, 3.8) is 0 Å². The lowest BCUT2D eigenvalue weighted by atomic mass is 9.86. The molecule has 1 unspecified atom stereocenters. The van der Waals surface area contributed by atoms with Crippen LogP contribution in [0, 0.1) is 5.92 Å². The summed E-state index contributed by atoms with van der Waals surface area (Å²) in [5.41, 5.74) is 1.39. The molecule has 1 saturated carbocycles. The highest BCUT2D eigenvalue weighted by molar-refractivity contribution is 5.19. The van der Waals surface area contributed by atoms with E-state index in [9.17, 15) is 0 Å². The van der Waals surface area contributed by atoms with Gasteiger partial charge >= 0.3 is 0 Å². The van der Waals surface area contributed by atoms with Crippen LogP contribution in [0.4, 0.5) is 0 Å². The second-order valence-corrected chi connectivity index (χ2v) is 5.33. The summed E-state index contributed by atoms with van der Waals surface area (Å²) in [7, 11) is 1.80. The van der Waals surface area contributed by atoms with Gasteiger partial charge in [-0.3, -0.25) is 0 Å². The maximum atomic E-state index is 5.32. The van der Waals surface area contributed by atoms with Crippen molar-refractivity contribution in [2.24, 2.45) is 5.92 Å². The molecule has 1 N–H and O–H groups in total. The molecule has 1 aliphatic rings. The molecule has 2 rings (SSSR count). The fourth-order valence-corrected chi connectivity index (χ4v) is 2.48. The van der Waals surface area contributed by atoms with Crippen molar-refractivity contribution in [2.75, 3.05) is 7.11 Å².